The van der Waals surface area contributed by atoms with Gasteiger partial charge in [-0.3, -0.25) is 0 Å². The number of hydrogen-bond donors (Lipinski definition) is 3. The molecule has 0 amide bonds. The average Bonchev–Trinajstić information content (AvgIpc) is 3.37. The Morgan fingerprint density at radius 3 is 0.614 bits per heavy atom. The zero-order chi connectivity index (χ0) is 48.8. The molecule has 2 unspecified atom stereocenters. The monoisotopic (exact) mass is 1040 g/mol. The van der Waals surface area contributed by atoms with Crippen LogP contribution < -0.4 is 0 Å². The summed E-state index contributed by atoms with van der Waals surface area (Å²) in [6.07, 6.45) is 0. The van der Waals surface area contributed by atoms with E-state index >= 15 is 0 Å². The Bertz CT molecular complexity index is 3640. The number of carbonyl (C=O) groups is 3. The first kappa shape index (κ1) is 44.8. The van der Waals surface area contributed by atoms with E-state index in [0.29, 0.717) is 0 Å². The first-order valence-corrected chi connectivity index (χ1v) is 24.4. The van der Waals surface area contributed by atoms with E-state index in [9.17, 15) is 29.7 Å². The Hall–Kier alpha value is -7.65. The van der Waals surface area contributed by atoms with Crippen LogP contribution >= 0.6 is 31.9 Å². The highest BCUT2D eigenvalue weighted by molar-refractivity contribution is 9.10. The van der Waals surface area contributed by atoms with Crippen LogP contribution in [0.5, 0.6) is 0 Å². The van der Waals surface area contributed by atoms with Crippen molar-refractivity contribution >= 4 is 49.8 Å². The number of aromatic carboxylic acids is 3. The molecule has 2 bridgehead atoms. The molecule has 12 rings (SSSR count). The standard InChI is InChI=1S/C62H42Br2O6/c1-34-4-10-37(11-5-34)46-28-52-53(29-47(46)38-12-6-35(2)7-13-38)62(64)55-31-49(40-16-22-43(23-17-40)58(65)66)48(39-14-8-36(3)9-15-39)30-54(55)61(52,63)56-32-50(41-18-24-44(25-19-41)59(67)68)51(33-57(56)62)42-20-26-45(27-21-42)60(69)70/h4-33H,1-3H3,(H,65,66)(H,67,68)(H,69,70). The summed E-state index contributed by atoms with van der Waals surface area (Å²) in [5.74, 6) is -3.05. The maximum absolute atomic E-state index is 12.1. The van der Waals surface area contributed by atoms with Gasteiger partial charge in [0.25, 0.3) is 0 Å². The van der Waals surface area contributed by atoms with Crippen molar-refractivity contribution < 1.29 is 29.7 Å². The largest absolute Gasteiger partial charge is 0.478 e. The van der Waals surface area contributed by atoms with Crippen LogP contribution in [-0.2, 0) is 8.65 Å². The summed E-state index contributed by atoms with van der Waals surface area (Å²) in [6.45, 7) is 6.25. The fraction of sp³-hybridized carbons (Fsp3) is 0.0806. The molecule has 9 aromatic rings. The van der Waals surface area contributed by atoms with Crippen molar-refractivity contribution in [3.05, 3.63) is 249 Å². The molecule has 3 N–H and O–H groups in total. The minimum absolute atomic E-state index is 0.161. The fourth-order valence-corrected chi connectivity index (χ4v) is 12.4. The van der Waals surface area contributed by atoms with Crippen LogP contribution in [0.3, 0.4) is 0 Å². The highest BCUT2D eigenvalue weighted by Crippen LogP contribution is 2.69. The van der Waals surface area contributed by atoms with Gasteiger partial charge >= 0.3 is 17.9 Å². The molecule has 6 nitrogen and oxygen atoms in total. The molecule has 0 radical (unpaired) electrons. The predicted octanol–water partition coefficient (Wildman–Crippen LogP) is 15.7. The van der Waals surface area contributed by atoms with E-state index < -0.39 is 26.6 Å². The molecule has 3 aliphatic rings. The van der Waals surface area contributed by atoms with Crippen molar-refractivity contribution in [3.8, 4) is 66.8 Å². The van der Waals surface area contributed by atoms with Crippen LogP contribution in [0.4, 0.5) is 0 Å². The Morgan fingerprint density at radius 1 is 0.300 bits per heavy atom. The molecule has 0 spiro atoms. The highest BCUT2D eigenvalue weighted by Gasteiger charge is 2.58. The number of rotatable bonds is 9. The number of alkyl halides is 2. The minimum atomic E-state index is -1.03. The minimum Gasteiger partial charge on any atom is -0.478 e. The summed E-state index contributed by atoms with van der Waals surface area (Å²) in [4.78, 5) is 36.3. The van der Waals surface area contributed by atoms with Gasteiger partial charge < -0.3 is 15.3 Å². The molecule has 340 valence electrons. The van der Waals surface area contributed by atoms with Crippen LogP contribution in [-0.4, -0.2) is 33.2 Å². The van der Waals surface area contributed by atoms with E-state index in [-0.39, 0.29) is 16.7 Å². The van der Waals surface area contributed by atoms with Crippen LogP contribution in [0.2, 0.25) is 0 Å². The SMILES string of the molecule is Cc1ccc(-c2cc3c(cc2-c2ccc(C)cc2)C2(Br)c4cc(-c5ccc(C(=O)O)cc5)c(-c5ccc(C)cc5)cc4C3(Br)c3cc(-c4ccc(C(=O)O)cc4)c(-c4ccc(C(=O)O)cc4)cc32)cc1. The van der Waals surface area contributed by atoms with E-state index in [1.807, 2.05) is 36.4 Å². The second-order valence-corrected chi connectivity index (χ2v) is 20.8. The number of carboxylic acids is 3. The van der Waals surface area contributed by atoms with E-state index in [2.05, 4.69) is 162 Å². The number of aryl methyl sites for hydroxylation is 3. The number of halogens is 2. The molecule has 3 aliphatic carbocycles. The van der Waals surface area contributed by atoms with Gasteiger partial charge in [-0.25, -0.2) is 14.4 Å². The molecule has 0 aromatic heterocycles. The summed E-state index contributed by atoms with van der Waals surface area (Å²) in [6, 6.07) is 60.2. The maximum atomic E-state index is 12.1. The lowest BCUT2D eigenvalue weighted by Crippen LogP contribution is -2.45. The van der Waals surface area contributed by atoms with E-state index in [0.717, 1.165) is 117 Å². The second kappa shape index (κ2) is 16.8. The van der Waals surface area contributed by atoms with Gasteiger partial charge in [0.2, 0.25) is 0 Å². The first-order valence-electron chi connectivity index (χ1n) is 22.8. The highest BCUT2D eigenvalue weighted by atomic mass is 79.9. The van der Waals surface area contributed by atoms with Crippen LogP contribution in [0.15, 0.2) is 182 Å². The van der Waals surface area contributed by atoms with Gasteiger partial charge in [0.1, 0.15) is 8.65 Å². The summed E-state index contributed by atoms with van der Waals surface area (Å²) in [7, 11) is 0. The third-order valence-electron chi connectivity index (χ3n) is 14.1. The van der Waals surface area contributed by atoms with Gasteiger partial charge in [0, 0.05) is 0 Å². The Morgan fingerprint density at radius 2 is 0.457 bits per heavy atom. The molecule has 9 aromatic carbocycles. The Labute approximate surface area is 421 Å². The first-order chi connectivity index (χ1) is 33.6. The van der Waals surface area contributed by atoms with Gasteiger partial charge in [-0.15, -0.1) is 0 Å². The molecule has 2 atom stereocenters. The van der Waals surface area contributed by atoms with E-state index in [4.69, 9.17) is 0 Å². The smallest absolute Gasteiger partial charge is 0.335 e. The summed E-state index contributed by atoms with van der Waals surface area (Å²) >= 11 is 9.19. The molecule has 0 saturated carbocycles. The second-order valence-electron chi connectivity index (χ2n) is 18.4. The van der Waals surface area contributed by atoms with Gasteiger partial charge in [-0.1, -0.05) is 158 Å². The molecular formula is C62H42Br2O6. The lowest BCUT2D eigenvalue weighted by Gasteiger charge is -2.53. The van der Waals surface area contributed by atoms with Crippen molar-refractivity contribution in [1.29, 1.82) is 0 Å². The molecule has 8 heteroatoms. The third-order valence-corrected chi connectivity index (χ3v) is 16.7. The van der Waals surface area contributed by atoms with Gasteiger partial charge in [0.05, 0.1) is 16.7 Å². The van der Waals surface area contributed by atoms with Crippen molar-refractivity contribution in [3.63, 3.8) is 0 Å². The Balaban J connectivity index is 1.27. The summed E-state index contributed by atoms with van der Waals surface area (Å²) < 4.78 is -1.96. The lowest BCUT2D eigenvalue weighted by molar-refractivity contribution is 0.0686. The number of benzene rings is 9. The topological polar surface area (TPSA) is 112 Å². The van der Waals surface area contributed by atoms with Gasteiger partial charge in [0.15, 0.2) is 0 Å². The average molecular weight is 1040 g/mol. The van der Waals surface area contributed by atoms with Crippen molar-refractivity contribution in [2.75, 3.05) is 0 Å². The molecule has 0 fully saturated rings. The van der Waals surface area contributed by atoms with Crippen molar-refractivity contribution in [2.24, 2.45) is 0 Å². The molecule has 0 aliphatic heterocycles. The molecular weight excluding hydrogens is 1000 g/mol. The number of carboxylic acid groups (broad SMARTS) is 3. The summed E-state index contributed by atoms with van der Waals surface area (Å²) in [5.41, 5.74) is 21.3. The Kier molecular flexibility index (Phi) is 10.8. The lowest BCUT2D eigenvalue weighted by atomic mass is 9.58. The maximum Gasteiger partial charge on any atom is 0.335 e. The third kappa shape index (κ3) is 7.16. The van der Waals surface area contributed by atoms with Crippen molar-refractivity contribution in [2.45, 2.75) is 29.4 Å². The van der Waals surface area contributed by atoms with Gasteiger partial charge in [-0.05, 0) is 194 Å². The normalized spacial score (nSPS) is 16.2. The molecule has 0 saturated heterocycles. The summed E-state index contributed by atoms with van der Waals surface area (Å²) in [5, 5.41) is 29.7. The predicted molar refractivity (Wildman–Crippen MR) is 285 cm³/mol. The van der Waals surface area contributed by atoms with Crippen LogP contribution in [0.1, 0.15) is 81.1 Å². The van der Waals surface area contributed by atoms with Crippen LogP contribution in [0.25, 0.3) is 66.8 Å². The zero-order valence-electron chi connectivity index (χ0n) is 38.1. The van der Waals surface area contributed by atoms with Crippen LogP contribution in [0, 0.1) is 20.8 Å². The molecule has 70 heavy (non-hydrogen) atoms. The van der Waals surface area contributed by atoms with Crippen molar-refractivity contribution in [1.82, 2.24) is 0 Å². The quantitative estimate of drug-likeness (QED) is 0.124. The van der Waals surface area contributed by atoms with Gasteiger partial charge in [-0.2, -0.15) is 0 Å². The zero-order valence-corrected chi connectivity index (χ0v) is 41.3. The fourth-order valence-electron chi connectivity index (χ4n) is 10.4. The molecule has 0 heterocycles. The van der Waals surface area contributed by atoms with E-state index in [1.54, 1.807) is 36.4 Å². The van der Waals surface area contributed by atoms with E-state index in [1.165, 1.54) is 0 Å². The number of hydrogen-bond acceptors (Lipinski definition) is 3.